The van der Waals surface area contributed by atoms with Gasteiger partial charge in [0.2, 0.25) is 6.79 Å². The number of aromatic nitrogens is 1. The van der Waals surface area contributed by atoms with Crippen molar-refractivity contribution < 1.29 is 14.3 Å². The summed E-state index contributed by atoms with van der Waals surface area (Å²) in [5.41, 5.74) is 8.45. The van der Waals surface area contributed by atoms with Crippen LogP contribution in [0, 0.1) is 6.92 Å². The van der Waals surface area contributed by atoms with E-state index in [-0.39, 0.29) is 12.7 Å². The number of fused-ring (bicyclic) bond motifs is 1. The van der Waals surface area contributed by atoms with Crippen LogP contribution in [0.5, 0.6) is 11.5 Å². The lowest BCUT2D eigenvalue weighted by Gasteiger charge is -2.09. The van der Waals surface area contributed by atoms with E-state index < -0.39 is 0 Å². The molecule has 0 bridgehead atoms. The minimum atomic E-state index is -0.268. The zero-order chi connectivity index (χ0) is 14.8. The summed E-state index contributed by atoms with van der Waals surface area (Å²) in [5.74, 6) is 0.823. The van der Waals surface area contributed by atoms with Gasteiger partial charge < -0.3 is 20.5 Å². The maximum atomic E-state index is 12.2. The second-order valence-corrected chi connectivity index (χ2v) is 4.74. The molecule has 0 atom stereocenters. The van der Waals surface area contributed by atoms with E-state index in [0.717, 1.165) is 11.3 Å². The molecule has 1 aromatic heterocycles. The maximum Gasteiger partial charge on any atom is 0.253 e. The number of carbonyl (C=O) groups excluding carboxylic acids is 1. The van der Waals surface area contributed by atoms with Gasteiger partial charge in [0.1, 0.15) is 0 Å². The molecule has 0 radical (unpaired) electrons. The Morgan fingerprint density at radius 1 is 1.38 bits per heavy atom. The van der Waals surface area contributed by atoms with Crippen molar-refractivity contribution in [2.24, 2.45) is 0 Å². The molecule has 1 aliphatic rings. The maximum absolute atomic E-state index is 12.2. The third-order valence-corrected chi connectivity index (χ3v) is 3.32. The van der Waals surface area contributed by atoms with Gasteiger partial charge in [-0.3, -0.25) is 9.78 Å². The Hall–Kier alpha value is -2.76. The Kier molecular flexibility index (Phi) is 3.35. The van der Waals surface area contributed by atoms with Crippen molar-refractivity contribution in [3.63, 3.8) is 0 Å². The summed E-state index contributed by atoms with van der Waals surface area (Å²) in [6.07, 6.45) is 1.70. The fourth-order valence-corrected chi connectivity index (χ4v) is 2.12. The predicted octanol–water partition coefficient (Wildman–Crippen LogP) is 1.63. The number of anilines is 1. The van der Waals surface area contributed by atoms with Gasteiger partial charge in [-0.05, 0) is 24.6 Å². The lowest BCUT2D eigenvalue weighted by Crippen LogP contribution is -2.24. The number of pyridine rings is 1. The van der Waals surface area contributed by atoms with Gasteiger partial charge in [-0.1, -0.05) is 6.07 Å². The number of ether oxygens (including phenoxy) is 2. The number of nitrogens with two attached hydrogens (primary N) is 1. The summed E-state index contributed by atoms with van der Waals surface area (Å²) in [6.45, 7) is 2.44. The van der Waals surface area contributed by atoms with Crippen molar-refractivity contribution in [3.8, 4) is 11.5 Å². The number of hydrogen-bond donors (Lipinski definition) is 2. The monoisotopic (exact) mass is 285 g/mol. The largest absolute Gasteiger partial charge is 0.454 e. The molecule has 6 nitrogen and oxygen atoms in total. The van der Waals surface area contributed by atoms with Crippen LogP contribution < -0.4 is 20.5 Å². The van der Waals surface area contributed by atoms with Gasteiger partial charge in [-0.25, -0.2) is 0 Å². The molecule has 1 amide bonds. The van der Waals surface area contributed by atoms with Crippen molar-refractivity contribution in [1.82, 2.24) is 10.3 Å². The van der Waals surface area contributed by atoms with Crippen LogP contribution in [0.15, 0.2) is 30.5 Å². The van der Waals surface area contributed by atoms with E-state index in [1.54, 1.807) is 18.3 Å². The third kappa shape index (κ3) is 2.60. The summed E-state index contributed by atoms with van der Waals surface area (Å²) in [7, 11) is 0. The second-order valence-electron chi connectivity index (χ2n) is 4.74. The van der Waals surface area contributed by atoms with E-state index >= 15 is 0 Å². The number of nitrogens with zero attached hydrogens (tertiary/aromatic N) is 1. The number of nitrogens with one attached hydrogen (secondary N) is 1. The molecule has 0 unspecified atom stereocenters. The zero-order valence-electron chi connectivity index (χ0n) is 11.6. The minimum Gasteiger partial charge on any atom is -0.454 e. The highest BCUT2D eigenvalue weighted by Crippen LogP contribution is 2.35. The molecule has 3 N–H and O–H groups in total. The van der Waals surface area contributed by atoms with E-state index in [1.165, 1.54) is 0 Å². The van der Waals surface area contributed by atoms with E-state index in [4.69, 9.17) is 15.2 Å². The zero-order valence-corrected chi connectivity index (χ0v) is 11.6. The first-order valence-corrected chi connectivity index (χ1v) is 6.53. The molecule has 1 aliphatic heterocycles. The van der Waals surface area contributed by atoms with Gasteiger partial charge in [-0.2, -0.15) is 0 Å². The summed E-state index contributed by atoms with van der Waals surface area (Å²) >= 11 is 0. The van der Waals surface area contributed by atoms with Crippen molar-refractivity contribution in [3.05, 3.63) is 47.3 Å². The highest BCUT2D eigenvalue weighted by Gasteiger charge is 2.19. The van der Waals surface area contributed by atoms with E-state index in [1.807, 2.05) is 19.1 Å². The molecular weight excluding hydrogens is 270 g/mol. The van der Waals surface area contributed by atoms with Crippen LogP contribution >= 0.6 is 0 Å². The van der Waals surface area contributed by atoms with E-state index in [0.29, 0.717) is 29.3 Å². The van der Waals surface area contributed by atoms with Crippen molar-refractivity contribution in [2.45, 2.75) is 13.5 Å². The summed E-state index contributed by atoms with van der Waals surface area (Å²) < 4.78 is 10.5. The van der Waals surface area contributed by atoms with E-state index in [9.17, 15) is 4.79 Å². The summed E-state index contributed by atoms with van der Waals surface area (Å²) in [6, 6.07) is 7.00. The minimum absolute atomic E-state index is 0.146. The number of rotatable bonds is 3. The van der Waals surface area contributed by atoms with Gasteiger partial charge in [0.05, 0.1) is 17.8 Å². The van der Waals surface area contributed by atoms with Crippen molar-refractivity contribution >= 4 is 11.6 Å². The molecular formula is C15H15N3O3. The molecule has 2 aromatic rings. The molecule has 0 saturated heterocycles. The molecule has 3 rings (SSSR count). The quantitative estimate of drug-likeness (QED) is 0.837. The Balaban J connectivity index is 1.76. The van der Waals surface area contributed by atoms with Crippen LogP contribution in [-0.2, 0) is 6.54 Å². The molecule has 108 valence electrons. The number of aryl methyl sites for hydroxylation is 1. The highest BCUT2D eigenvalue weighted by molar-refractivity contribution is 6.00. The molecule has 21 heavy (non-hydrogen) atoms. The summed E-state index contributed by atoms with van der Waals surface area (Å²) in [5, 5.41) is 2.81. The van der Waals surface area contributed by atoms with Gasteiger partial charge >= 0.3 is 0 Å². The first kappa shape index (κ1) is 13.2. The standard InChI is InChI=1S/C15H15N3O3/c1-9-3-2-4-17-12(9)7-18-15(19)10-5-13-14(6-11(10)16)21-8-20-13/h2-6H,7-8,16H2,1H3,(H,18,19). The van der Waals surface area contributed by atoms with Gasteiger partial charge in [0, 0.05) is 18.0 Å². The Labute approximate surface area is 121 Å². The number of amides is 1. The first-order chi connectivity index (χ1) is 10.1. The smallest absolute Gasteiger partial charge is 0.253 e. The fourth-order valence-electron chi connectivity index (χ4n) is 2.12. The molecule has 0 saturated carbocycles. The number of benzene rings is 1. The molecule has 0 spiro atoms. The van der Waals surface area contributed by atoms with Crippen LogP contribution in [0.2, 0.25) is 0 Å². The lowest BCUT2D eigenvalue weighted by atomic mass is 10.1. The van der Waals surface area contributed by atoms with Gasteiger partial charge in [-0.15, -0.1) is 0 Å². The van der Waals surface area contributed by atoms with E-state index in [2.05, 4.69) is 10.3 Å². The molecule has 1 aromatic carbocycles. The lowest BCUT2D eigenvalue weighted by molar-refractivity contribution is 0.0951. The first-order valence-electron chi connectivity index (χ1n) is 6.53. The molecule has 2 heterocycles. The Bertz CT molecular complexity index is 701. The molecule has 0 aliphatic carbocycles. The molecule has 6 heteroatoms. The van der Waals surface area contributed by atoms with Crippen molar-refractivity contribution in [2.75, 3.05) is 12.5 Å². The van der Waals surface area contributed by atoms with Crippen LogP contribution in [0.4, 0.5) is 5.69 Å². The summed E-state index contributed by atoms with van der Waals surface area (Å²) in [4.78, 5) is 16.5. The Morgan fingerprint density at radius 2 is 2.14 bits per heavy atom. The highest BCUT2D eigenvalue weighted by atomic mass is 16.7. The SMILES string of the molecule is Cc1cccnc1CNC(=O)c1cc2c(cc1N)OCO2. The number of carbonyl (C=O) groups is 1. The predicted molar refractivity (Wildman–Crippen MR) is 77.1 cm³/mol. The van der Waals surface area contributed by atoms with Crippen LogP contribution in [0.3, 0.4) is 0 Å². The van der Waals surface area contributed by atoms with Crippen LogP contribution in [-0.4, -0.2) is 17.7 Å². The molecule has 0 fully saturated rings. The number of nitrogen functional groups attached to an aromatic ring is 1. The van der Waals surface area contributed by atoms with Crippen LogP contribution in [0.25, 0.3) is 0 Å². The normalized spacial score (nSPS) is 12.2. The number of hydrogen-bond acceptors (Lipinski definition) is 5. The average Bonchev–Trinajstić information content (AvgIpc) is 2.92. The van der Waals surface area contributed by atoms with Gasteiger partial charge in [0.25, 0.3) is 5.91 Å². The fraction of sp³-hybridized carbons (Fsp3) is 0.200. The third-order valence-electron chi connectivity index (χ3n) is 3.32. The van der Waals surface area contributed by atoms with Crippen molar-refractivity contribution in [1.29, 1.82) is 0 Å². The Morgan fingerprint density at radius 3 is 2.90 bits per heavy atom. The topological polar surface area (TPSA) is 86.5 Å². The van der Waals surface area contributed by atoms with Gasteiger partial charge in [0.15, 0.2) is 11.5 Å². The average molecular weight is 285 g/mol. The second kappa shape index (κ2) is 5.32. The van der Waals surface area contributed by atoms with Crippen LogP contribution in [0.1, 0.15) is 21.6 Å².